The third kappa shape index (κ3) is 54.9. The van der Waals surface area contributed by atoms with Crippen molar-refractivity contribution < 1.29 is 150 Å². The first-order chi connectivity index (χ1) is 66.0. The number of hydrogen-bond acceptors (Lipinski definition) is 35. The fourth-order valence-electron chi connectivity index (χ4n) is 13.2. The third-order valence-electron chi connectivity index (χ3n) is 21.8. The summed E-state index contributed by atoms with van der Waals surface area (Å²) < 4.78 is 68.7. The van der Waals surface area contributed by atoms with Crippen molar-refractivity contribution in [3.63, 3.8) is 0 Å². The Balaban J connectivity index is 0.00000129. The molecule has 0 spiro atoms. The molecule has 790 valence electrons. The quantitative estimate of drug-likeness (QED) is 0.00625. The van der Waals surface area contributed by atoms with E-state index in [1.54, 1.807) is 78.2 Å². The van der Waals surface area contributed by atoms with Gasteiger partial charge in [-0.15, -0.1) is 11.3 Å². The van der Waals surface area contributed by atoms with Crippen LogP contribution in [0.5, 0.6) is 5.75 Å². The normalized spacial score (nSPS) is 15.8. The summed E-state index contributed by atoms with van der Waals surface area (Å²) >= 11 is 1.28. The number of benzene rings is 1. The zero-order valence-corrected chi connectivity index (χ0v) is 86.5. The van der Waals surface area contributed by atoms with E-state index in [9.17, 15) is 63.0 Å². The molecule has 3 heterocycles. The molecular weight excluding hydrogens is 1860 g/mol. The summed E-state index contributed by atoms with van der Waals surface area (Å²) in [4.78, 5) is 151. The largest absolute Gasteiger partial charge is 0.481 e. The summed E-state index contributed by atoms with van der Waals surface area (Å²) in [6.07, 6.45) is 4.92. The van der Waals surface area contributed by atoms with Gasteiger partial charge in [0, 0.05) is 123 Å². The van der Waals surface area contributed by atoms with Gasteiger partial charge in [-0.1, -0.05) is 132 Å². The van der Waals surface area contributed by atoms with E-state index >= 15 is 0 Å². The molecule has 138 heavy (non-hydrogen) atoms. The summed E-state index contributed by atoms with van der Waals surface area (Å²) in [6, 6.07) is 9.36. The Morgan fingerprint density at radius 2 is 1.14 bits per heavy atom. The van der Waals surface area contributed by atoms with Crippen molar-refractivity contribution in [2.45, 2.75) is 309 Å². The standard InChI is InChI=1S/C57H93N7O14S.C19H30N2O6S2.C12H22O7.C7H16O4/c1-13-26-64(54(69)50(37(9)15-3)62-52(68)44-19-17-18-27-63(44)11)45(35(5)6)31-46(75-28-14-2)53-60-43(34-79-53)51(67)59-40(29-38(10)55(70)71)30-39-20-22-42(23-21-39)78-56(72)49(36(7)8)61-47(66)24-25-58-57(73)76-33-48(74-12)77-41(16-4)32-65;1-3-15(13-22)27-19(25-2)14-26-18(24)9-6-7-16(23)20-11-12-28-29-17-8-4-5-10-21-17;1-3-9(7-13)19-12(17-2)8-18-11(16)6-4-5-10(14)15;1-3-6(4-8)11-7(5-9)10-2/h20-23,34-38,40-41,44-46,48-50,65H,13-19,24-33H2,1-12H3,(H,58,73)(H,59,67)(H,61,66)(H,62,68)(H,70,71);4-5,8,10,15,19,22H,3,6-7,9,11-14H2,1-2H3,(H,20,23);9,12-13H,3-8H2,1-2H3,(H,14,15);6-9H,3-5H2,1-2H3/t37-,38-,40+,41?,44+,45+,46+,48?,49+,50-;;;/m0.../s1. The van der Waals surface area contributed by atoms with Gasteiger partial charge in [-0.3, -0.25) is 48.1 Å². The topological polar surface area (TPSA) is 542 Å². The van der Waals surface area contributed by atoms with Crippen molar-refractivity contribution >= 4 is 98.4 Å². The summed E-state index contributed by atoms with van der Waals surface area (Å²) in [7, 11) is 10.8. The van der Waals surface area contributed by atoms with Crippen LogP contribution in [0.25, 0.3) is 0 Å². The number of aliphatic hydroxyl groups excluding tert-OH is 5. The molecule has 0 saturated carbocycles. The number of carbonyl (C=O) groups is 11. The molecule has 1 aliphatic heterocycles. The number of likely N-dealkylation sites (tertiary alicyclic amines) is 1. The van der Waals surface area contributed by atoms with Gasteiger partial charge in [0.05, 0.1) is 69.4 Å². The van der Waals surface area contributed by atoms with Crippen LogP contribution < -0.4 is 31.3 Å². The van der Waals surface area contributed by atoms with Crippen LogP contribution in [0, 0.1) is 23.7 Å². The second-order valence-electron chi connectivity index (χ2n) is 33.5. The molecule has 2 aromatic heterocycles. The number of rotatable bonds is 69. The average molecular weight is 2020 g/mol. The number of hydrogen-bond donors (Lipinski definition) is 12. The molecule has 0 bridgehead atoms. The molecule has 40 nitrogen and oxygen atoms in total. The van der Waals surface area contributed by atoms with E-state index in [1.807, 2.05) is 85.5 Å². The Bertz CT molecular complexity index is 3800. The molecule has 3 aromatic rings. The van der Waals surface area contributed by atoms with Gasteiger partial charge in [0.1, 0.15) is 59.5 Å². The lowest BCUT2D eigenvalue weighted by molar-refractivity contribution is -0.194. The van der Waals surface area contributed by atoms with Gasteiger partial charge in [-0.05, 0) is 149 Å². The van der Waals surface area contributed by atoms with Crippen LogP contribution in [0.3, 0.4) is 0 Å². The number of aliphatic hydroxyl groups is 5. The number of esters is 3. The fraction of sp³-hybridized carbons (Fsp3) is 0.737. The second-order valence-corrected chi connectivity index (χ2v) is 36.8. The number of carbonyl (C=O) groups excluding carboxylic acids is 9. The highest BCUT2D eigenvalue weighted by molar-refractivity contribution is 8.76. The molecule has 1 aliphatic rings. The first kappa shape index (κ1) is 128. The Morgan fingerprint density at radius 1 is 0.587 bits per heavy atom. The lowest BCUT2D eigenvalue weighted by Crippen LogP contribution is -2.58. The highest BCUT2D eigenvalue weighted by atomic mass is 33.1. The van der Waals surface area contributed by atoms with E-state index in [2.05, 4.69) is 50.3 Å². The average Bonchev–Trinajstić information content (AvgIpc) is 1.40. The Kier molecular flexibility index (Phi) is 71.2. The van der Waals surface area contributed by atoms with Gasteiger partial charge in [-0.25, -0.2) is 19.6 Å². The molecule has 16 atom stereocenters. The zero-order chi connectivity index (χ0) is 103. The van der Waals surface area contributed by atoms with E-state index in [0.717, 1.165) is 48.6 Å². The fourth-order valence-corrected chi connectivity index (χ4v) is 15.9. The van der Waals surface area contributed by atoms with Gasteiger partial charge < -0.3 is 129 Å². The number of methoxy groups -OCH3 is 4. The number of piperidine rings is 1. The van der Waals surface area contributed by atoms with E-state index in [1.165, 1.54) is 39.8 Å². The molecule has 4 rings (SSSR count). The summed E-state index contributed by atoms with van der Waals surface area (Å²) in [5.41, 5.74) is 0.862. The van der Waals surface area contributed by atoms with Gasteiger partial charge >= 0.3 is 35.9 Å². The number of nitrogens with one attached hydrogen (secondary N) is 5. The summed E-state index contributed by atoms with van der Waals surface area (Å²) in [5.74, 6) is -5.24. The van der Waals surface area contributed by atoms with Crippen LogP contribution in [0.2, 0.25) is 0 Å². The number of pyridine rings is 1. The molecule has 43 heteroatoms. The lowest BCUT2D eigenvalue weighted by atomic mass is 9.92. The van der Waals surface area contributed by atoms with Crippen molar-refractivity contribution in [3.05, 3.63) is 70.3 Å². The number of likely N-dealkylation sites (N-methyl/N-ethyl adjacent to an activating group) is 1. The van der Waals surface area contributed by atoms with Gasteiger partial charge in [0.25, 0.3) is 5.91 Å². The molecule has 6 amide bonds. The van der Waals surface area contributed by atoms with Gasteiger partial charge in [-0.2, -0.15) is 0 Å². The number of carboxylic acid groups (broad SMARTS) is 2. The Labute approximate surface area is 826 Å². The smallest absolute Gasteiger partial charge is 0.407 e. The van der Waals surface area contributed by atoms with Crippen LogP contribution in [-0.4, -0.2) is 328 Å². The van der Waals surface area contributed by atoms with E-state index in [4.69, 9.17) is 92.1 Å². The first-order valence-corrected chi connectivity index (χ1v) is 50.9. The number of thiazole rings is 1. The maximum atomic E-state index is 14.8. The van der Waals surface area contributed by atoms with Crippen LogP contribution in [0.4, 0.5) is 4.79 Å². The number of nitrogens with zero attached hydrogens (tertiary/aromatic N) is 4. The third-order valence-corrected chi connectivity index (χ3v) is 25.0. The number of ether oxygens (including phenoxy) is 13. The molecule has 1 aromatic carbocycles. The molecule has 12 N–H and O–H groups in total. The Morgan fingerprint density at radius 3 is 1.62 bits per heavy atom. The minimum absolute atomic E-state index is 0.00309. The number of aliphatic carboxylic acids is 2. The highest BCUT2D eigenvalue weighted by Gasteiger charge is 2.39. The van der Waals surface area contributed by atoms with Crippen LogP contribution >= 0.6 is 32.9 Å². The van der Waals surface area contributed by atoms with Crippen LogP contribution in [0.15, 0.2) is 59.1 Å². The van der Waals surface area contributed by atoms with Crippen molar-refractivity contribution in [1.82, 2.24) is 46.4 Å². The molecule has 0 radical (unpaired) electrons. The predicted molar refractivity (Wildman–Crippen MR) is 519 cm³/mol. The number of amides is 6. The van der Waals surface area contributed by atoms with Crippen LogP contribution in [0.1, 0.15) is 239 Å². The molecule has 1 fully saturated rings. The van der Waals surface area contributed by atoms with Crippen LogP contribution in [-0.2, 0) is 106 Å². The molecular formula is C95H161N9O31S3. The SMILES string of the molecule is CCC(CO)OC(CO)OC.CCC(CO)OC(COC(=O)CCCC(=O)NCCSSc1ccccn1)OC.CCC(CO)OC(COC(=O)CCCC(=O)O)OC.CCCO[C@H](C[C@H](C(C)C)N(CCC)C(=O)[C@@H](NC(=O)[C@H]1CCCCN1C)[C@@H](C)CC)c1nc(C(=O)N[C@@H](Cc2ccc(OC(=O)[C@H](NC(=O)CCNC(=O)OCC(OC)OC(CC)CO)C(C)C)cc2)C[C@H](C)C(=O)O)cs1. The summed E-state index contributed by atoms with van der Waals surface area (Å²) in [6.45, 7) is 25.8. The van der Waals surface area contributed by atoms with Crippen molar-refractivity contribution in [3.8, 4) is 5.75 Å². The summed E-state index contributed by atoms with van der Waals surface area (Å²) in [5, 5.41) is 80.4. The zero-order valence-electron chi connectivity index (χ0n) is 84.1. The van der Waals surface area contributed by atoms with Crippen molar-refractivity contribution in [2.75, 3.05) is 127 Å². The monoisotopic (exact) mass is 2020 g/mol. The van der Waals surface area contributed by atoms with E-state index in [-0.39, 0.29) is 188 Å². The van der Waals surface area contributed by atoms with E-state index in [0.29, 0.717) is 76.1 Å². The highest BCUT2D eigenvalue weighted by Crippen LogP contribution is 2.33. The molecule has 1 saturated heterocycles. The van der Waals surface area contributed by atoms with Crippen molar-refractivity contribution in [1.29, 1.82) is 0 Å². The molecule has 0 aliphatic carbocycles. The predicted octanol–water partition coefficient (Wildman–Crippen LogP) is 9.35. The van der Waals surface area contributed by atoms with E-state index < -0.39 is 109 Å². The Hall–Kier alpha value is -7.93. The maximum absolute atomic E-state index is 14.8. The molecule has 8 unspecified atom stereocenters. The lowest BCUT2D eigenvalue weighted by Gasteiger charge is -2.40. The second kappa shape index (κ2) is 76.8. The maximum Gasteiger partial charge on any atom is 0.407 e. The minimum atomic E-state index is -1.02. The first-order valence-electron chi connectivity index (χ1n) is 47.7. The van der Waals surface area contributed by atoms with Crippen molar-refractivity contribution in [2.24, 2.45) is 23.7 Å². The number of aromatic nitrogens is 2. The minimum Gasteiger partial charge on any atom is -0.481 e. The number of alkyl carbamates (subject to hydrolysis) is 1. The van der Waals surface area contributed by atoms with Gasteiger partial charge in [0.15, 0.2) is 25.2 Å². The van der Waals surface area contributed by atoms with Gasteiger partial charge in [0.2, 0.25) is 23.6 Å². The number of carboxylic acids is 2.